The van der Waals surface area contributed by atoms with Gasteiger partial charge in [0.25, 0.3) is 0 Å². The second kappa shape index (κ2) is 5.07. The lowest BCUT2D eigenvalue weighted by atomic mass is 10.1. The van der Waals surface area contributed by atoms with Gasteiger partial charge in [-0.05, 0) is 40.6 Å². The summed E-state index contributed by atoms with van der Waals surface area (Å²) in [5.74, 6) is 1.51. The molecular formula is C11H11ClIN3S. The van der Waals surface area contributed by atoms with E-state index in [0.717, 1.165) is 18.5 Å². The Kier molecular flexibility index (Phi) is 3.89. The monoisotopic (exact) mass is 379 g/mol. The zero-order valence-electron chi connectivity index (χ0n) is 9.37. The minimum atomic E-state index is 0.321. The maximum absolute atomic E-state index is 5.92. The van der Waals surface area contributed by atoms with Crippen LogP contribution in [-0.4, -0.2) is 9.97 Å². The molecule has 3 nitrogen and oxygen atoms in total. The molecule has 0 aliphatic rings. The van der Waals surface area contributed by atoms with E-state index in [-0.39, 0.29) is 0 Å². The maximum Gasteiger partial charge on any atom is 0.171 e. The summed E-state index contributed by atoms with van der Waals surface area (Å²) in [6.07, 6.45) is 0. The van der Waals surface area contributed by atoms with Crippen molar-refractivity contribution in [3.63, 3.8) is 0 Å². The van der Waals surface area contributed by atoms with E-state index < -0.39 is 0 Å². The van der Waals surface area contributed by atoms with Gasteiger partial charge in [-0.25, -0.2) is 9.97 Å². The molecule has 2 rings (SSSR count). The Hall–Kier alpha value is -0.400. The number of thiophene rings is 1. The Labute approximate surface area is 123 Å². The Morgan fingerprint density at radius 3 is 2.59 bits per heavy atom. The fraction of sp³-hybridized carbons (Fsp3) is 0.273. The first-order valence-corrected chi connectivity index (χ1v) is 7.35. The number of hydrogen-bond acceptors (Lipinski definition) is 4. The molecule has 2 aromatic heterocycles. The summed E-state index contributed by atoms with van der Waals surface area (Å²) in [5.41, 5.74) is 6.90. The quantitative estimate of drug-likeness (QED) is 0.797. The minimum Gasteiger partial charge on any atom is -0.383 e. The van der Waals surface area contributed by atoms with Gasteiger partial charge in [0.15, 0.2) is 5.82 Å². The van der Waals surface area contributed by atoms with E-state index >= 15 is 0 Å². The van der Waals surface area contributed by atoms with Crippen LogP contribution in [0.3, 0.4) is 0 Å². The second-order valence-corrected chi connectivity index (χ2v) is 6.68. The van der Waals surface area contributed by atoms with Gasteiger partial charge in [-0.2, -0.15) is 0 Å². The molecular weight excluding hydrogens is 369 g/mol. The molecule has 0 aromatic carbocycles. The van der Waals surface area contributed by atoms with Crippen LogP contribution >= 0.6 is 45.5 Å². The highest BCUT2D eigenvalue weighted by atomic mass is 127. The highest BCUT2D eigenvalue weighted by Gasteiger charge is 2.14. The van der Waals surface area contributed by atoms with Crippen molar-refractivity contribution in [2.24, 2.45) is 0 Å². The molecule has 2 aromatic rings. The van der Waals surface area contributed by atoms with Crippen LogP contribution in [0.4, 0.5) is 5.82 Å². The lowest BCUT2D eigenvalue weighted by Gasteiger charge is -2.10. The van der Waals surface area contributed by atoms with Crippen LogP contribution in [-0.2, 0) is 0 Å². The zero-order chi connectivity index (χ0) is 12.6. The van der Waals surface area contributed by atoms with Gasteiger partial charge >= 0.3 is 0 Å². The second-order valence-electron chi connectivity index (χ2n) is 3.89. The molecule has 0 fully saturated rings. The van der Waals surface area contributed by atoms with E-state index in [0.29, 0.717) is 17.6 Å². The van der Waals surface area contributed by atoms with Gasteiger partial charge < -0.3 is 5.73 Å². The molecule has 6 heteroatoms. The fourth-order valence-corrected chi connectivity index (χ4v) is 3.25. The predicted octanol–water partition coefficient (Wildman–Crippen LogP) is 4.17. The Morgan fingerprint density at radius 1 is 1.35 bits per heavy atom. The van der Waals surface area contributed by atoms with Crippen molar-refractivity contribution < 1.29 is 0 Å². The molecule has 2 N–H and O–H groups in total. The molecule has 0 radical (unpaired) electrons. The molecule has 0 aliphatic heterocycles. The van der Waals surface area contributed by atoms with Crippen LogP contribution in [0.2, 0.25) is 4.34 Å². The third kappa shape index (κ3) is 2.71. The molecule has 17 heavy (non-hydrogen) atoms. The number of hydrogen-bond donors (Lipinski definition) is 1. The Balaban J connectivity index is 2.56. The average Bonchev–Trinajstić information content (AvgIpc) is 2.68. The third-order valence-corrected chi connectivity index (χ3v) is 4.58. The smallest absolute Gasteiger partial charge is 0.171 e. The van der Waals surface area contributed by atoms with E-state index in [1.807, 2.05) is 12.1 Å². The highest BCUT2D eigenvalue weighted by molar-refractivity contribution is 14.1. The van der Waals surface area contributed by atoms with Crippen molar-refractivity contribution in [1.82, 2.24) is 9.97 Å². The van der Waals surface area contributed by atoms with Crippen molar-refractivity contribution in [2.45, 2.75) is 19.8 Å². The first-order valence-electron chi connectivity index (χ1n) is 5.07. The van der Waals surface area contributed by atoms with Crippen molar-refractivity contribution in [3.8, 4) is 10.7 Å². The lowest BCUT2D eigenvalue weighted by molar-refractivity contribution is 0.810. The van der Waals surface area contributed by atoms with Gasteiger partial charge in [0.1, 0.15) is 5.82 Å². The number of nitrogens with two attached hydrogens (primary N) is 1. The van der Waals surface area contributed by atoms with Crippen molar-refractivity contribution in [3.05, 3.63) is 25.7 Å². The van der Waals surface area contributed by atoms with E-state index in [1.165, 1.54) is 11.3 Å². The summed E-state index contributed by atoms with van der Waals surface area (Å²) in [6, 6.07) is 3.76. The van der Waals surface area contributed by atoms with Gasteiger partial charge in [-0.1, -0.05) is 25.4 Å². The summed E-state index contributed by atoms with van der Waals surface area (Å²) < 4.78 is 1.66. The number of nitrogen functional groups attached to an aromatic ring is 1. The summed E-state index contributed by atoms with van der Waals surface area (Å²) in [4.78, 5) is 9.82. The number of halogens is 2. The van der Waals surface area contributed by atoms with Gasteiger partial charge in [0, 0.05) is 0 Å². The van der Waals surface area contributed by atoms with Crippen LogP contribution in [0, 0.1) is 3.57 Å². The highest BCUT2D eigenvalue weighted by Crippen LogP contribution is 2.32. The van der Waals surface area contributed by atoms with Gasteiger partial charge in [0.2, 0.25) is 0 Å². The largest absolute Gasteiger partial charge is 0.383 e. The van der Waals surface area contributed by atoms with Crippen LogP contribution < -0.4 is 5.73 Å². The SMILES string of the molecule is CC(C)c1nc(-c2ccc(Cl)s2)nc(N)c1I. The third-order valence-electron chi connectivity index (χ3n) is 2.24. The molecule has 90 valence electrons. The predicted molar refractivity (Wildman–Crippen MR) is 81.6 cm³/mol. The molecule has 0 spiro atoms. The molecule has 0 amide bonds. The van der Waals surface area contributed by atoms with Gasteiger partial charge in [-0.15, -0.1) is 11.3 Å². The first kappa shape index (κ1) is 13.0. The maximum atomic E-state index is 5.92. The Bertz CT molecular complexity index is 554. The normalized spacial score (nSPS) is 11.1. The van der Waals surface area contributed by atoms with E-state index in [1.54, 1.807) is 0 Å². The van der Waals surface area contributed by atoms with Gasteiger partial charge in [-0.3, -0.25) is 0 Å². The number of rotatable bonds is 2. The van der Waals surface area contributed by atoms with E-state index in [2.05, 4.69) is 46.4 Å². The number of aromatic nitrogens is 2. The summed E-state index contributed by atoms with van der Waals surface area (Å²) in [6.45, 7) is 4.18. The van der Waals surface area contributed by atoms with Crippen molar-refractivity contribution in [2.75, 3.05) is 5.73 Å². The number of nitrogens with zero attached hydrogens (tertiary/aromatic N) is 2. The molecule has 0 saturated carbocycles. The zero-order valence-corrected chi connectivity index (χ0v) is 13.1. The molecule has 0 unspecified atom stereocenters. The molecule has 0 saturated heterocycles. The topological polar surface area (TPSA) is 51.8 Å². The summed E-state index contributed by atoms with van der Waals surface area (Å²) in [7, 11) is 0. The van der Waals surface area contributed by atoms with Crippen LogP contribution in [0.15, 0.2) is 12.1 Å². The lowest BCUT2D eigenvalue weighted by Crippen LogP contribution is -2.05. The average molecular weight is 380 g/mol. The molecule has 2 heterocycles. The van der Waals surface area contributed by atoms with Crippen LogP contribution in [0.1, 0.15) is 25.5 Å². The molecule has 0 aliphatic carbocycles. The minimum absolute atomic E-state index is 0.321. The molecule has 0 bridgehead atoms. The first-order chi connectivity index (χ1) is 7.99. The summed E-state index contributed by atoms with van der Waals surface area (Å²) in [5, 5.41) is 0. The van der Waals surface area contributed by atoms with Gasteiger partial charge in [0.05, 0.1) is 18.5 Å². The fourth-order valence-electron chi connectivity index (χ4n) is 1.41. The van der Waals surface area contributed by atoms with Crippen molar-refractivity contribution >= 4 is 51.3 Å². The van der Waals surface area contributed by atoms with Crippen LogP contribution in [0.5, 0.6) is 0 Å². The van der Waals surface area contributed by atoms with E-state index in [4.69, 9.17) is 17.3 Å². The molecule has 0 atom stereocenters. The standard InChI is InChI=1S/C11H11ClIN3S/c1-5(2)9-8(13)10(14)16-11(15-9)6-3-4-7(12)17-6/h3-5H,1-2H3,(H2,14,15,16). The number of anilines is 1. The van der Waals surface area contributed by atoms with Crippen LogP contribution in [0.25, 0.3) is 10.7 Å². The van der Waals surface area contributed by atoms with E-state index in [9.17, 15) is 0 Å². The Morgan fingerprint density at radius 2 is 2.06 bits per heavy atom. The van der Waals surface area contributed by atoms with Crippen molar-refractivity contribution in [1.29, 1.82) is 0 Å². The summed E-state index contributed by atoms with van der Waals surface area (Å²) >= 11 is 9.56.